The standard InChI is InChI=1S/C19H13BrN2O3/c20-15-6-2-4-8-17(15)24-12-14-9-10-18(25-14)19(23)22-16-7-3-1-5-13(16)11-21/h1-10H,12H2,(H,22,23). The van der Waals surface area contributed by atoms with Gasteiger partial charge in [-0.1, -0.05) is 24.3 Å². The van der Waals surface area contributed by atoms with Crippen molar-refractivity contribution in [2.75, 3.05) is 5.32 Å². The van der Waals surface area contributed by atoms with E-state index in [1.807, 2.05) is 30.3 Å². The summed E-state index contributed by atoms with van der Waals surface area (Å²) in [6.45, 7) is 0.199. The van der Waals surface area contributed by atoms with Crippen LogP contribution in [0, 0.1) is 11.3 Å². The second kappa shape index (κ2) is 7.69. The molecule has 0 spiro atoms. The van der Waals surface area contributed by atoms with Crippen molar-refractivity contribution in [3.8, 4) is 11.8 Å². The number of hydrogen-bond acceptors (Lipinski definition) is 4. The van der Waals surface area contributed by atoms with Gasteiger partial charge in [0.25, 0.3) is 5.91 Å². The van der Waals surface area contributed by atoms with Gasteiger partial charge < -0.3 is 14.5 Å². The molecule has 0 saturated heterocycles. The highest BCUT2D eigenvalue weighted by molar-refractivity contribution is 9.10. The molecule has 6 heteroatoms. The Balaban J connectivity index is 1.66. The van der Waals surface area contributed by atoms with Gasteiger partial charge in [-0.25, -0.2) is 0 Å². The lowest BCUT2D eigenvalue weighted by molar-refractivity contribution is 0.0992. The van der Waals surface area contributed by atoms with E-state index in [1.54, 1.807) is 36.4 Å². The van der Waals surface area contributed by atoms with Crippen LogP contribution < -0.4 is 10.1 Å². The number of carbonyl (C=O) groups is 1. The van der Waals surface area contributed by atoms with Crippen LogP contribution >= 0.6 is 15.9 Å². The summed E-state index contributed by atoms with van der Waals surface area (Å²) in [4.78, 5) is 12.3. The Morgan fingerprint density at radius 1 is 1.12 bits per heavy atom. The van der Waals surface area contributed by atoms with E-state index in [0.29, 0.717) is 22.8 Å². The summed E-state index contributed by atoms with van der Waals surface area (Å²) in [7, 11) is 0. The van der Waals surface area contributed by atoms with E-state index in [-0.39, 0.29) is 12.4 Å². The summed E-state index contributed by atoms with van der Waals surface area (Å²) in [5.41, 5.74) is 0.831. The lowest BCUT2D eigenvalue weighted by Crippen LogP contribution is -2.11. The fraction of sp³-hybridized carbons (Fsp3) is 0.0526. The maximum atomic E-state index is 12.3. The van der Waals surface area contributed by atoms with Crippen molar-refractivity contribution in [2.45, 2.75) is 6.61 Å². The molecule has 1 aromatic heterocycles. The molecule has 0 unspecified atom stereocenters. The van der Waals surface area contributed by atoms with Crippen LogP contribution in [0.1, 0.15) is 21.9 Å². The first-order valence-electron chi connectivity index (χ1n) is 7.44. The van der Waals surface area contributed by atoms with E-state index in [1.165, 1.54) is 0 Å². The molecule has 3 rings (SSSR count). The monoisotopic (exact) mass is 396 g/mol. The van der Waals surface area contributed by atoms with Gasteiger partial charge in [0.1, 0.15) is 24.2 Å². The Morgan fingerprint density at radius 3 is 2.68 bits per heavy atom. The third kappa shape index (κ3) is 4.08. The second-order valence-corrected chi connectivity index (χ2v) is 5.95. The zero-order valence-electron chi connectivity index (χ0n) is 13.0. The number of nitriles is 1. The fourth-order valence-electron chi connectivity index (χ4n) is 2.16. The molecule has 0 radical (unpaired) electrons. The van der Waals surface area contributed by atoms with Gasteiger partial charge in [0.2, 0.25) is 0 Å². The van der Waals surface area contributed by atoms with Gasteiger partial charge in [-0.05, 0) is 52.3 Å². The third-order valence-electron chi connectivity index (χ3n) is 3.39. The van der Waals surface area contributed by atoms with Crippen molar-refractivity contribution in [1.82, 2.24) is 0 Å². The molecule has 0 atom stereocenters. The molecule has 0 aliphatic rings. The van der Waals surface area contributed by atoms with Crippen molar-refractivity contribution in [3.63, 3.8) is 0 Å². The molecule has 1 amide bonds. The second-order valence-electron chi connectivity index (χ2n) is 5.10. The molecular weight excluding hydrogens is 384 g/mol. The Labute approximate surface area is 153 Å². The van der Waals surface area contributed by atoms with Crippen LogP contribution in [0.2, 0.25) is 0 Å². The lowest BCUT2D eigenvalue weighted by Gasteiger charge is -2.06. The van der Waals surface area contributed by atoms with Crippen molar-refractivity contribution < 1.29 is 13.9 Å². The zero-order chi connectivity index (χ0) is 17.6. The molecule has 0 saturated carbocycles. The SMILES string of the molecule is N#Cc1ccccc1NC(=O)c1ccc(COc2ccccc2Br)o1. The first-order chi connectivity index (χ1) is 12.2. The number of nitrogens with zero attached hydrogens (tertiary/aromatic N) is 1. The summed E-state index contributed by atoms with van der Waals surface area (Å²) in [6.07, 6.45) is 0. The van der Waals surface area contributed by atoms with Gasteiger partial charge in [-0.2, -0.15) is 5.26 Å². The number of amides is 1. The quantitative estimate of drug-likeness (QED) is 0.675. The van der Waals surface area contributed by atoms with Crippen molar-refractivity contribution in [2.24, 2.45) is 0 Å². The molecule has 0 aliphatic heterocycles. The summed E-state index contributed by atoms with van der Waals surface area (Å²) in [5, 5.41) is 11.7. The number of furan rings is 1. The highest BCUT2D eigenvalue weighted by Gasteiger charge is 2.13. The van der Waals surface area contributed by atoms with Gasteiger partial charge >= 0.3 is 0 Å². The van der Waals surface area contributed by atoms with Crippen molar-refractivity contribution in [3.05, 3.63) is 82.2 Å². The Bertz CT molecular complexity index is 944. The number of hydrogen-bond donors (Lipinski definition) is 1. The largest absolute Gasteiger partial charge is 0.484 e. The zero-order valence-corrected chi connectivity index (χ0v) is 14.6. The summed E-state index contributed by atoms with van der Waals surface area (Å²) >= 11 is 3.40. The van der Waals surface area contributed by atoms with Crippen LogP contribution in [-0.4, -0.2) is 5.91 Å². The first-order valence-corrected chi connectivity index (χ1v) is 8.23. The number of rotatable bonds is 5. The number of ether oxygens (including phenoxy) is 1. The van der Waals surface area contributed by atoms with Gasteiger partial charge in [-0.15, -0.1) is 0 Å². The normalized spacial score (nSPS) is 10.1. The maximum absolute atomic E-state index is 12.3. The van der Waals surface area contributed by atoms with Crippen LogP contribution in [0.5, 0.6) is 5.75 Å². The molecule has 0 aliphatic carbocycles. The predicted molar refractivity (Wildman–Crippen MR) is 96.3 cm³/mol. The topological polar surface area (TPSA) is 75.3 Å². The Morgan fingerprint density at radius 2 is 1.88 bits per heavy atom. The smallest absolute Gasteiger partial charge is 0.291 e. The highest BCUT2D eigenvalue weighted by Crippen LogP contribution is 2.25. The number of anilines is 1. The lowest BCUT2D eigenvalue weighted by atomic mass is 10.2. The predicted octanol–water partition coefficient (Wildman–Crippen LogP) is 4.75. The van der Waals surface area contributed by atoms with Crippen molar-refractivity contribution in [1.29, 1.82) is 5.26 Å². The third-order valence-corrected chi connectivity index (χ3v) is 4.04. The summed E-state index contributed by atoms with van der Waals surface area (Å²) < 4.78 is 12.0. The van der Waals surface area contributed by atoms with Crippen molar-refractivity contribution >= 4 is 27.5 Å². The van der Waals surface area contributed by atoms with Crippen LogP contribution in [0.3, 0.4) is 0 Å². The first kappa shape index (κ1) is 16.8. The van der Waals surface area contributed by atoms with E-state index in [4.69, 9.17) is 14.4 Å². The minimum atomic E-state index is -0.421. The molecule has 124 valence electrons. The number of para-hydroxylation sites is 2. The molecule has 0 bridgehead atoms. The minimum absolute atomic E-state index is 0.151. The molecule has 5 nitrogen and oxygen atoms in total. The minimum Gasteiger partial charge on any atom is -0.484 e. The number of benzene rings is 2. The van der Waals surface area contributed by atoms with Gasteiger partial charge in [-0.3, -0.25) is 4.79 Å². The molecule has 25 heavy (non-hydrogen) atoms. The van der Waals surface area contributed by atoms with E-state index >= 15 is 0 Å². The molecular formula is C19H13BrN2O3. The van der Waals surface area contributed by atoms with Gasteiger partial charge in [0, 0.05) is 0 Å². The Kier molecular flexibility index (Phi) is 5.17. The average Bonchev–Trinajstić information content (AvgIpc) is 3.11. The van der Waals surface area contributed by atoms with E-state index in [0.717, 1.165) is 4.47 Å². The molecule has 0 fully saturated rings. The number of nitrogens with one attached hydrogen (secondary N) is 1. The maximum Gasteiger partial charge on any atom is 0.291 e. The molecule has 1 heterocycles. The van der Waals surface area contributed by atoms with E-state index in [9.17, 15) is 4.79 Å². The summed E-state index contributed by atoms with van der Waals surface area (Å²) in [6, 6.07) is 19.5. The summed E-state index contributed by atoms with van der Waals surface area (Å²) in [5.74, 6) is 0.940. The van der Waals surface area contributed by atoms with E-state index in [2.05, 4.69) is 21.2 Å². The number of carbonyl (C=O) groups excluding carboxylic acids is 1. The van der Waals surface area contributed by atoms with Crippen LogP contribution in [0.4, 0.5) is 5.69 Å². The Hall–Kier alpha value is -3.04. The van der Waals surface area contributed by atoms with E-state index < -0.39 is 5.91 Å². The highest BCUT2D eigenvalue weighted by atomic mass is 79.9. The number of halogens is 1. The molecule has 3 aromatic rings. The van der Waals surface area contributed by atoms with Crippen LogP contribution in [-0.2, 0) is 6.61 Å². The molecule has 1 N–H and O–H groups in total. The molecule has 2 aromatic carbocycles. The van der Waals surface area contributed by atoms with Gasteiger partial charge in [0.15, 0.2) is 5.76 Å². The van der Waals surface area contributed by atoms with Crippen LogP contribution in [0.15, 0.2) is 69.6 Å². The van der Waals surface area contributed by atoms with Gasteiger partial charge in [0.05, 0.1) is 15.7 Å². The average molecular weight is 397 g/mol. The van der Waals surface area contributed by atoms with Crippen LogP contribution in [0.25, 0.3) is 0 Å². The fourth-order valence-corrected chi connectivity index (χ4v) is 2.56.